The highest BCUT2D eigenvalue weighted by atomic mass is 16.7. The highest BCUT2D eigenvalue weighted by Crippen LogP contribution is 2.35. The Bertz CT molecular complexity index is 1450. The lowest BCUT2D eigenvalue weighted by molar-refractivity contribution is -0.338. The number of benzene rings is 2. The zero-order valence-electron chi connectivity index (χ0n) is 21.0. The van der Waals surface area contributed by atoms with Crippen molar-refractivity contribution in [2.24, 2.45) is 0 Å². The molecule has 2 aliphatic rings. The molecule has 2 fully saturated rings. The molecule has 2 aliphatic heterocycles. The van der Waals surface area contributed by atoms with Crippen LogP contribution in [-0.4, -0.2) is 114 Å². The zero-order chi connectivity index (χ0) is 29.6. The maximum Gasteiger partial charge on any atom is 0.228 e. The summed E-state index contributed by atoms with van der Waals surface area (Å²) >= 11 is 0. The Morgan fingerprint density at radius 3 is 2.24 bits per heavy atom. The van der Waals surface area contributed by atoms with Crippen LogP contribution < -0.4 is 10.2 Å². The van der Waals surface area contributed by atoms with E-state index >= 15 is 0 Å². The first kappa shape index (κ1) is 29.0. The van der Waals surface area contributed by atoms with Gasteiger partial charge in [0.15, 0.2) is 23.2 Å². The van der Waals surface area contributed by atoms with Gasteiger partial charge in [0, 0.05) is 23.8 Å². The Kier molecular flexibility index (Phi) is 8.06. The monoisotopic (exact) mass is 580 g/mol. The van der Waals surface area contributed by atoms with Crippen LogP contribution in [0.15, 0.2) is 45.6 Å². The smallest absolute Gasteiger partial charge is 0.228 e. The van der Waals surface area contributed by atoms with Crippen LogP contribution in [0.2, 0.25) is 0 Å². The molecule has 0 saturated carbocycles. The van der Waals surface area contributed by atoms with Crippen LogP contribution in [0.5, 0.6) is 23.0 Å². The van der Waals surface area contributed by atoms with Gasteiger partial charge in [-0.2, -0.15) is 0 Å². The van der Waals surface area contributed by atoms with Crippen molar-refractivity contribution in [2.45, 2.75) is 55.3 Å². The summed E-state index contributed by atoms with van der Waals surface area (Å²) in [6.45, 7) is -1.09. The van der Waals surface area contributed by atoms with Gasteiger partial charge in [-0.3, -0.25) is 4.79 Å². The Balaban J connectivity index is 1.32. The summed E-state index contributed by atoms with van der Waals surface area (Å²) in [5, 5.41) is 90.2. The lowest BCUT2D eigenvalue weighted by Gasteiger charge is -2.43. The molecule has 0 spiro atoms. The fourth-order valence-electron chi connectivity index (χ4n) is 4.61. The molecule has 1 aromatic heterocycles. The molecule has 2 saturated heterocycles. The topological polar surface area (TPSA) is 249 Å². The van der Waals surface area contributed by atoms with Crippen molar-refractivity contribution in [1.82, 2.24) is 0 Å². The fourth-order valence-corrected chi connectivity index (χ4v) is 4.61. The normalized spacial score (nSPS) is 32.2. The minimum Gasteiger partial charge on any atom is -0.507 e. The highest BCUT2D eigenvalue weighted by molar-refractivity contribution is 5.86. The summed E-state index contributed by atoms with van der Waals surface area (Å²) < 4.78 is 27.5. The van der Waals surface area contributed by atoms with Gasteiger partial charge in [0.2, 0.25) is 6.29 Å². The number of hydrogen-bond donors (Lipinski definition) is 9. The Morgan fingerprint density at radius 1 is 0.805 bits per heavy atom. The molecule has 41 heavy (non-hydrogen) atoms. The average Bonchev–Trinajstić information content (AvgIpc) is 2.94. The molecule has 15 heteroatoms. The van der Waals surface area contributed by atoms with E-state index < -0.39 is 85.4 Å². The number of fused-ring (bicyclic) bond motifs is 1. The van der Waals surface area contributed by atoms with E-state index in [1.807, 2.05) is 0 Å². The molecule has 0 radical (unpaired) electrons. The molecule has 0 bridgehead atoms. The molecule has 15 nitrogen and oxygen atoms in total. The molecule has 5 rings (SSSR count). The van der Waals surface area contributed by atoms with E-state index in [0.29, 0.717) is 0 Å². The summed E-state index contributed by atoms with van der Waals surface area (Å²) in [4.78, 5) is 12.7. The molecule has 0 aliphatic carbocycles. The third kappa shape index (κ3) is 5.54. The van der Waals surface area contributed by atoms with E-state index in [4.69, 9.17) is 23.4 Å². The second-order valence-corrected chi connectivity index (χ2v) is 9.67. The number of aliphatic hydroxyl groups is 6. The van der Waals surface area contributed by atoms with Crippen LogP contribution in [0, 0.1) is 0 Å². The largest absolute Gasteiger partial charge is 0.507 e. The summed E-state index contributed by atoms with van der Waals surface area (Å²) in [5.74, 6) is -1.44. The van der Waals surface area contributed by atoms with Crippen LogP contribution in [0.25, 0.3) is 22.3 Å². The van der Waals surface area contributed by atoms with Crippen LogP contribution in [0.3, 0.4) is 0 Å². The predicted octanol–water partition coefficient (Wildman–Crippen LogP) is -1.78. The molecule has 9 atom stereocenters. The van der Waals surface area contributed by atoms with Crippen molar-refractivity contribution in [3.05, 3.63) is 46.6 Å². The van der Waals surface area contributed by atoms with E-state index in [-0.39, 0.29) is 33.8 Å². The first-order valence-electron chi connectivity index (χ1n) is 12.4. The second-order valence-electron chi connectivity index (χ2n) is 9.67. The minimum atomic E-state index is -1.74. The van der Waals surface area contributed by atoms with Crippen molar-refractivity contribution in [3.8, 4) is 34.3 Å². The lowest BCUT2D eigenvalue weighted by atomic mass is 9.99. The van der Waals surface area contributed by atoms with Gasteiger partial charge in [0.1, 0.15) is 71.0 Å². The number of aliphatic hydroxyl groups excluding tert-OH is 6. The van der Waals surface area contributed by atoms with E-state index in [0.717, 1.165) is 12.1 Å². The summed E-state index contributed by atoms with van der Waals surface area (Å²) in [6, 6.07) is 7.18. The van der Waals surface area contributed by atoms with Crippen molar-refractivity contribution in [3.63, 3.8) is 0 Å². The van der Waals surface area contributed by atoms with E-state index in [1.165, 1.54) is 24.3 Å². The molecular formula is C26H28O15. The predicted molar refractivity (Wildman–Crippen MR) is 134 cm³/mol. The maximum atomic E-state index is 12.7. The first-order chi connectivity index (χ1) is 19.5. The molecule has 9 N–H and O–H groups in total. The molecule has 3 heterocycles. The van der Waals surface area contributed by atoms with Crippen molar-refractivity contribution < 1.29 is 69.3 Å². The number of rotatable bonds is 6. The van der Waals surface area contributed by atoms with Crippen LogP contribution in [0.4, 0.5) is 0 Å². The number of phenolic OH excluding ortho intramolecular Hbond substituents is 3. The molecule has 2 aromatic carbocycles. The summed E-state index contributed by atoms with van der Waals surface area (Å²) in [5.41, 5.74) is -0.482. The summed E-state index contributed by atoms with van der Waals surface area (Å²) in [6.07, 6.45) is -14.1. The zero-order valence-corrected chi connectivity index (χ0v) is 21.0. The number of aromatic hydroxyl groups is 3. The number of ether oxygens (including phenoxy) is 4. The minimum absolute atomic E-state index is 0.00640. The number of phenols is 3. The molecule has 222 valence electrons. The van der Waals surface area contributed by atoms with Gasteiger partial charge in [0.25, 0.3) is 0 Å². The molecular weight excluding hydrogens is 552 g/mol. The van der Waals surface area contributed by atoms with Crippen molar-refractivity contribution >= 4 is 11.0 Å². The second kappa shape index (κ2) is 11.4. The van der Waals surface area contributed by atoms with Gasteiger partial charge < -0.3 is 69.3 Å². The summed E-state index contributed by atoms with van der Waals surface area (Å²) in [7, 11) is 0. The average molecular weight is 580 g/mol. The van der Waals surface area contributed by atoms with E-state index in [9.17, 15) is 50.8 Å². The maximum absolute atomic E-state index is 12.7. The van der Waals surface area contributed by atoms with Crippen LogP contribution in [-0.2, 0) is 14.2 Å². The molecule has 0 unspecified atom stereocenters. The van der Waals surface area contributed by atoms with Gasteiger partial charge in [-0.05, 0) is 18.2 Å². The quantitative estimate of drug-likeness (QED) is 0.146. The van der Waals surface area contributed by atoms with Gasteiger partial charge in [-0.1, -0.05) is 0 Å². The SMILES string of the molecule is O=c1cc(-c2ccc(O)c(O)c2)oc2cc(O[C@H]3OC[C@H](O[C@@H]4O[C@H](CO)[C@@H](O)[C@H](O)[C@@H]4O)[C@H](O)[C@H]3O)cc(O)c12. The Hall–Kier alpha value is -3.51. The Morgan fingerprint density at radius 2 is 1.54 bits per heavy atom. The molecule has 0 amide bonds. The van der Waals surface area contributed by atoms with Crippen LogP contribution in [0.1, 0.15) is 0 Å². The Labute approximate surface area is 230 Å². The van der Waals surface area contributed by atoms with Gasteiger partial charge >= 0.3 is 0 Å². The van der Waals surface area contributed by atoms with Gasteiger partial charge in [-0.15, -0.1) is 0 Å². The standard InChI is InChI=1S/C26H28O15/c27-7-17-20(32)22(34)24(36)26(40-17)41-18-8-37-25(23(35)21(18)33)38-10-4-13(30)19-14(31)6-15(39-16(19)5-10)9-1-2-11(28)12(29)3-9/h1-6,17-18,20-30,32-36H,7-8H2/t17-,18+,20-,21+,22+,23-,24+,25-,26+/m1/s1. The van der Waals surface area contributed by atoms with Crippen LogP contribution >= 0.6 is 0 Å². The highest BCUT2D eigenvalue weighted by Gasteiger charge is 2.48. The first-order valence-corrected chi connectivity index (χ1v) is 12.4. The fraction of sp³-hybridized carbons (Fsp3) is 0.423. The van der Waals surface area contributed by atoms with Crippen molar-refractivity contribution in [2.75, 3.05) is 13.2 Å². The van der Waals surface area contributed by atoms with E-state index in [2.05, 4.69) is 0 Å². The van der Waals surface area contributed by atoms with Crippen molar-refractivity contribution in [1.29, 1.82) is 0 Å². The van der Waals surface area contributed by atoms with Gasteiger partial charge in [-0.25, -0.2) is 0 Å². The van der Waals surface area contributed by atoms with Gasteiger partial charge in [0.05, 0.1) is 13.2 Å². The third-order valence-electron chi connectivity index (χ3n) is 6.89. The van der Waals surface area contributed by atoms with E-state index in [1.54, 1.807) is 0 Å². The third-order valence-corrected chi connectivity index (χ3v) is 6.89. The number of hydrogen-bond acceptors (Lipinski definition) is 15. The molecule has 3 aromatic rings. The lowest BCUT2D eigenvalue weighted by Crippen LogP contribution is -2.62.